The molecule has 0 aliphatic carbocycles. The third-order valence-corrected chi connectivity index (χ3v) is 5.51. The fourth-order valence-electron chi connectivity index (χ4n) is 3.44. The van der Waals surface area contributed by atoms with Gasteiger partial charge < -0.3 is 19.8 Å². The Balaban J connectivity index is 1.87. The fourth-order valence-corrected chi connectivity index (χ4v) is 4.06. The maximum Gasteiger partial charge on any atom is 0.408 e. The summed E-state index contributed by atoms with van der Waals surface area (Å²) >= 11 is 3.56. The van der Waals surface area contributed by atoms with Crippen LogP contribution >= 0.6 is 15.9 Å². The largest absolute Gasteiger partial charge is 0.467 e. The highest BCUT2D eigenvalue weighted by Crippen LogP contribution is 2.31. The highest BCUT2D eigenvalue weighted by atomic mass is 79.9. The van der Waals surface area contributed by atoms with Gasteiger partial charge in [-0.1, -0.05) is 58.4 Å². The number of ether oxygens (including phenoxy) is 2. The van der Waals surface area contributed by atoms with Crippen LogP contribution in [0.25, 0.3) is 10.9 Å². The van der Waals surface area contributed by atoms with E-state index in [9.17, 15) is 9.59 Å². The lowest BCUT2D eigenvalue weighted by atomic mass is 9.87. The molecule has 1 amide bonds. The van der Waals surface area contributed by atoms with E-state index in [1.54, 1.807) is 6.08 Å². The van der Waals surface area contributed by atoms with Crippen molar-refractivity contribution in [2.75, 3.05) is 7.11 Å². The molecular formula is C23H23BrN2O4. The molecule has 0 aliphatic heterocycles. The zero-order valence-electron chi connectivity index (χ0n) is 16.6. The van der Waals surface area contributed by atoms with Gasteiger partial charge in [0, 0.05) is 28.0 Å². The Bertz CT molecular complexity index is 1050. The van der Waals surface area contributed by atoms with E-state index in [1.165, 1.54) is 7.11 Å². The van der Waals surface area contributed by atoms with Crippen LogP contribution in [-0.4, -0.2) is 29.7 Å². The van der Waals surface area contributed by atoms with E-state index in [0.717, 1.165) is 26.5 Å². The van der Waals surface area contributed by atoms with E-state index in [0.29, 0.717) is 0 Å². The summed E-state index contributed by atoms with van der Waals surface area (Å²) in [5, 5.41) is 3.68. The summed E-state index contributed by atoms with van der Waals surface area (Å²) in [4.78, 5) is 28.6. The van der Waals surface area contributed by atoms with E-state index in [4.69, 9.17) is 9.47 Å². The van der Waals surface area contributed by atoms with Crippen LogP contribution in [0.5, 0.6) is 0 Å². The Kier molecular flexibility index (Phi) is 6.95. The molecule has 0 fully saturated rings. The molecule has 1 heterocycles. The molecule has 1 atom stereocenters. The standard InChI is InChI=1S/C23H23BrN2O4/c1-3-12-23(21(27)29-2,26-22(28)30-15-16-8-5-4-6-9-16)13-17-14-25-19-11-7-10-18(24)20(17)19/h3-11,14,25H,1,12-13,15H2,2H3,(H,26,28)/t23-/m0/s1. The van der Waals surface area contributed by atoms with Crippen molar-refractivity contribution in [2.24, 2.45) is 0 Å². The van der Waals surface area contributed by atoms with Crippen molar-refractivity contribution >= 4 is 38.9 Å². The average Bonchev–Trinajstić information content (AvgIpc) is 3.16. The van der Waals surface area contributed by atoms with Gasteiger partial charge in [-0.25, -0.2) is 9.59 Å². The first-order chi connectivity index (χ1) is 14.5. The number of amides is 1. The van der Waals surface area contributed by atoms with Gasteiger partial charge in [-0.2, -0.15) is 0 Å². The molecule has 2 N–H and O–H groups in total. The van der Waals surface area contributed by atoms with Gasteiger partial charge in [0.25, 0.3) is 0 Å². The number of H-pyrrole nitrogens is 1. The van der Waals surface area contributed by atoms with E-state index in [2.05, 4.69) is 32.8 Å². The number of benzene rings is 2. The number of alkyl carbamates (subject to hydrolysis) is 1. The van der Waals surface area contributed by atoms with Gasteiger partial charge in [0.1, 0.15) is 12.1 Å². The van der Waals surface area contributed by atoms with Crippen molar-refractivity contribution in [3.05, 3.63) is 83.0 Å². The lowest BCUT2D eigenvalue weighted by Gasteiger charge is -2.30. The summed E-state index contributed by atoms with van der Waals surface area (Å²) in [6.45, 7) is 3.85. The molecule has 0 bridgehead atoms. The molecule has 30 heavy (non-hydrogen) atoms. The Labute approximate surface area is 183 Å². The highest BCUT2D eigenvalue weighted by molar-refractivity contribution is 9.10. The number of hydrogen-bond acceptors (Lipinski definition) is 4. The molecule has 0 aliphatic rings. The van der Waals surface area contributed by atoms with Crippen molar-refractivity contribution in [3.63, 3.8) is 0 Å². The molecule has 3 aromatic rings. The molecule has 2 aromatic carbocycles. The Morgan fingerprint density at radius 3 is 2.67 bits per heavy atom. The van der Waals surface area contributed by atoms with E-state index < -0.39 is 17.6 Å². The Morgan fingerprint density at radius 2 is 1.97 bits per heavy atom. The number of halogens is 1. The second-order valence-electron chi connectivity index (χ2n) is 6.91. The molecule has 0 saturated heterocycles. The van der Waals surface area contributed by atoms with Crippen molar-refractivity contribution in [2.45, 2.75) is 25.0 Å². The first-order valence-corrected chi connectivity index (χ1v) is 10.2. The quantitative estimate of drug-likeness (QED) is 0.362. The van der Waals surface area contributed by atoms with Gasteiger partial charge in [0.15, 0.2) is 0 Å². The monoisotopic (exact) mass is 470 g/mol. The van der Waals surface area contributed by atoms with Crippen LogP contribution in [0.3, 0.4) is 0 Å². The zero-order valence-corrected chi connectivity index (χ0v) is 18.2. The smallest absolute Gasteiger partial charge is 0.408 e. The minimum absolute atomic E-state index is 0.0939. The lowest BCUT2D eigenvalue weighted by Crippen LogP contribution is -2.56. The normalized spacial score (nSPS) is 12.7. The topological polar surface area (TPSA) is 80.4 Å². The van der Waals surface area contributed by atoms with Gasteiger partial charge in [-0.3, -0.25) is 0 Å². The first-order valence-electron chi connectivity index (χ1n) is 9.42. The number of methoxy groups -OCH3 is 1. The predicted octanol–water partition coefficient (Wildman–Crippen LogP) is 4.89. The van der Waals surface area contributed by atoms with Crippen LogP contribution in [0.2, 0.25) is 0 Å². The zero-order chi connectivity index (χ0) is 21.6. The van der Waals surface area contributed by atoms with E-state index >= 15 is 0 Å². The molecule has 6 nitrogen and oxygen atoms in total. The number of nitrogens with one attached hydrogen (secondary N) is 2. The molecule has 0 spiro atoms. The number of aromatic amines is 1. The fraction of sp³-hybridized carbons (Fsp3) is 0.217. The number of carbonyl (C=O) groups excluding carboxylic acids is 2. The minimum atomic E-state index is -1.35. The van der Waals surface area contributed by atoms with Gasteiger partial charge >= 0.3 is 12.1 Å². The average molecular weight is 471 g/mol. The Hall–Kier alpha value is -3.06. The van der Waals surface area contributed by atoms with Crippen molar-refractivity contribution in [1.82, 2.24) is 10.3 Å². The predicted molar refractivity (Wildman–Crippen MR) is 119 cm³/mol. The van der Waals surface area contributed by atoms with Gasteiger partial charge in [0.05, 0.1) is 7.11 Å². The lowest BCUT2D eigenvalue weighted by molar-refractivity contribution is -0.148. The molecular weight excluding hydrogens is 448 g/mol. The van der Waals surface area contributed by atoms with Gasteiger partial charge in [-0.15, -0.1) is 6.58 Å². The molecule has 3 rings (SSSR count). The maximum atomic E-state index is 12.8. The summed E-state index contributed by atoms with van der Waals surface area (Å²) in [5.41, 5.74) is 1.27. The number of esters is 1. The molecule has 0 unspecified atom stereocenters. The molecule has 7 heteroatoms. The van der Waals surface area contributed by atoms with Crippen molar-refractivity contribution in [3.8, 4) is 0 Å². The highest BCUT2D eigenvalue weighted by Gasteiger charge is 2.41. The van der Waals surface area contributed by atoms with Crippen molar-refractivity contribution in [1.29, 1.82) is 0 Å². The number of fused-ring (bicyclic) bond motifs is 1. The van der Waals surface area contributed by atoms with Crippen LogP contribution in [0.4, 0.5) is 4.79 Å². The molecule has 0 radical (unpaired) electrons. The second kappa shape index (κ2) is 9.63. The van der Waals surface area contributed by atoms with Crippen LogP contribution in [0.15, 0.2) is 71.9 Å². The minimum Gasteiger partial charge on any atom is -0.467 e. The summed E-state index contributed by atoms with van der Waals surface area (Å²) < 4.78 is 11.3. The SMILES string of the molecule is C=CC[C@@](Cc1c[nH]c2cccc(Br)c12)(NC(=O)OCc1ccccc1)C(=O)OC. The summed E-state index contributed by atoms with van der Waals surface area (Å²) in [7, 11) is 1.29. The number of aromatic nitrogens is 1. The maximum absolute atomic E-state index is 12.8. The summed E-state index contributed by atoms with van der Waals surface area (Å²) in [5.74, 6) is -0.569. The summed E-state index contributed by atoms with van der Waals surface area (Å²) in [6, 6.07) is 15.1. The van der Waals surface area contributed by atoms with Gasteiger partial charge in [-0.05, 0) is 29.7 Å². The third-order valence-electron chi connectivity index (χ3n) is 4.85. The van der Waals surface area contributed by atoms with E-state index in [1.807, 2.05) is 54.7 Å². The van der Waals surface area contributed by atoms with Crippen LogP contribution in [0.1, 0.15) is 17.5 Å². The summed E-state index contributed by atoms with van der Waals surface area (Å²) in [6.07, 6.45) is 3.09. The van der Waals surface area contributed by atoms with Crippen LogP contribution < -0.4 is 5.32 Å². The molecule has 0 saturated carbocycles. The van der Waals surface area contributed by atoms with E-state index in [-0.39, 0.29) is 19.4 Å². The number of hydrogen-bond donors (Lipinski definition) is 2. The second-order valence-corrected chi connectivity index (χ2v) is 7.76. The molecule has 1 aromatic heterocycles. The van der Waals surface area contributed by atoms with Crippen LogP contribution in [-0.2, 0) is 27.3 Å². The molecule has 156 valence electrons. The van der Waals surface area contributed by atoms with Crippen LogP contribution in [0, 0.1) is 0 Å². The number of carbonyl (C=O) groups is 2. The number of rotatable bonds is 8. The van der Waals surface area contributed by atoms with Crippen molar-refractivity contribution < 1.29 is 19.1 Å². The Morgan fingerprint density at radius 1 is 1.20 bits per heavy atom. The third kappa shape index (κ3) is 4.74. The first kappa shape index (κ1) is 21.6. The van der Waals surface area contributed by atoms with Gasteiger partial charge in [0.2, 0.25) is 0 Å².